The van der Waals surface area contributed by atoms with Crippen molar-refractivity contribution in [3.05, 3.63) is 12.2 Å². The van der Waals surface area contributed by atoms with Gasteiger partial charge in [-0.05, 0) is 43.4 Å². The molecule has 2 heteroatoms. The number of allylic oxidation sites excluding steroid dienone is 2. The van der Waals surface area contributed by atoms with Crippen LogP contribution in [0.1, 0.15) is 25.7 Å². The molecule has 84 valence electrons. The van der Waals surface area contributed by atoms with Crippen LogP contribution in [-0.4, -0.2) is 35.7 Å². The van der Waals surface area contributed by atoms with Gasteiger partial charge in [0.05, 0.1) is 6.10 Å². The number of aliphatic hydroxyl groups excluding tert-OH is 1. The maximum Gasteiger partial charge on any atom is 0.0564 e. The molecular formula is C13H21NO. The summed E-state index contributed by atoms with van der Waals surface area (Å²) in [6.45, 7) is 3.50. The van der Waals surface area contributed by atoms with Gasteiger partial charge in [-0.2, -0.15) is 0 Å². The van der Waals surface area contributed by atoms with Crippen LogP contribution in [0.2, 0.25) is 0 Å². The van der Waals surface area contributed by atoms with Crippen LogP contribution in [0.15, 0.2) is 12.2 Å². The molecule has 0 aromatic heterocycles. The fraction of sp³-hybridized carbons (Fsp3) is 0.846. The first-order chi connectivity index (χ1) is 7.31. The molecule has 0 aromatic rings. The number of piperidine rings is 1. The van der Waals surface area contributed by atoms with E-state index in [4.69, 9.17) is 0 Å². The van der Waals surface area contributed by atoms with Crippen LogP contribution in [0.3, 0.4) is 0 Å². The van der Waals surface area contributed by atoms with Crippen molar-refractivity contribution >= 4 is 0 Å². The monoisotopic (exact) mass is 207 g/mol. The molecule has 3 atom stereocenters. The Hall–Kier alpha value is -0.340. The predicted octanol–water partition coefficient (Wildman–Crippen LogP) is 1.66. The average molecular weight is 207 g/mol. The minimum atomic E-state index is -0.0267. The fourth-order valence-electron chi connectivity index (χ4n) is 3.54. The first-order valence-electron chi connectivity index (χ1n) is 6.40. The van der Waals surface area contributed by atoms with Gasteiger partial charge in [-0.1, -0.05) is 12.2 Å². The highest BCUT2D eigenvalue weighted by molar-refractivity contribution is 5.10. The molecule has 0 unspecified atom stereocenters. The summed E-state index contributed by atoms with van der Waals surface area (Å²) >= 11 is 0. The molecule has 0 radical (unpaired) electrons. The fourth-order valence-corrected chi connectivity index (χ4v) is 3.54. The molecule has 2 bridgehead atoms. The van der Waals surface area contributed by atoms with Gasteiger partial charge in [-0.25, -0.2) is 0 Å². The Morgan fingerprint density at radius 3 is 2.53 bits per heavy atom. The largest absolute Gasteiger partial charge is 0.393 e. The lowest BCUT2D eigenvalue weighted by Gasteiger charge is -2.33. The lowest BCUT2D eigenvalue weighted by atomic mass is 9.92. The molecule has 1 saturated heterocycles. The molecule has 0 amide bonds. The topological polar surface area (TPSA) is 23.5 Å². The van der Waals surface area contributed by atoms with Crippen LogP contribution >= 0.6 is 0 Å². The number of rotatable bonds is 2. The van der Waals surface area contributed by atoms with E-state index in [2.05, 4.69) is 17.1 Å². The van der Waals surface area contributed by atoms with E-state index in [1.165, 1.54) is 19.4 Å². The Balaban J connectivity index is 1.51. The zero-order chi connectivity index (χ0) is 10.3. The highest BCUT2D eigenvalue weighted by atomic mass is 16.3. The molecule has 0 spiro atoms. The van der Waals surface area contributed by atoms with Gasteiger partial charge in [0.25, 0.3) is 0 Å². The molecule has 2 fully saturated rings. The number of fused-ring (bicyclic) bond motifs is 2. The summed E-state index contributed by atoms with van der Waals surface area (Å²) in [5.41, 5.74) is 0. The Morgan fingerprint density at radius 2 is 1.93 bits per heavy atom. The molecule has 1 N–H and O–H groups in total. The molecule has 1 heterocycles. The Bertz CT molecular complexity index is 255. The van der Waals surface area contributed by atoms with E-state index < -0.39 is 0 Å². The van der Waals surface area contributed by atoms with Gasteiger partial charge in [0.1, 0.15) is 0 Å². The van der Waals surface area contributed by atoms with E-state index >= 15 is 0 Å². The van der Waals surface area contributed by atoms with Crippen molar-refractivity contribution in [2.45, 2.75) is 31.8 Å². The second-order valence-electron chi connectivity index (χ2n) is 5.57. The van der Waals surface area contributed by atoms with Crippen LogP contribution < -0.4 is 0 Å². The van der Waals surface area contributed by atoms with Gasteiger partial charge in [0.2, 0.25) is 0 Å². The van der Waals surface area contributed by atoms with Crippen LogP contribution in [0.25, 0.3) is 0 Å². The van der Waals surface area contributed by atoms with Crippen LogP contribution in [0.4, 0.5) is 0 Å². The third kappa shape index (κ3) is 1.98. The van der Waals surface area contributed by atoms with Gasteiger partial charge in [0, 0.05) is 19.6 Å². The van der Waals surface area contributed by atoms with Gasteiger partial charge < -0.3 is 10.0 Å². The number of likely N-dealkylation sites (tertiary alicyclic amines) is 1. The SMILES string of the molecule is OC1CCN(C[C@H]2C[C@@H]3C=C[C@@H]2C3)CC1. The predicted molar refractivity (Wildman–Crippen MR) is 60.5 cm³/mol. The van der Waals surface area contributed by atoms with E-state index in [9.17, 15) is 5.11 Å². The molecule has 1 saturated carbocycles. The van der Waals surface area contributed by atoms with Crippen LogP contribution in [-0.2, 0) is 0 Å². The third-order valence-electron chi connectivity index (χ3n) is 4.47. The van der Waals surface area contributed by atoms with Crippen molar-refractivity contribution in [2.75, 3.05) is 19.6 Å². The average Bonchev–Trinajstić information content (AvgIpc) is 2.83. The number of aliphatic hydroxyl groups is 1. The highest BCUT2D eigenvalue weighted by Crippen LogP contribution is 2.43. The minimum absolute atomic E-state index is 0.0267. The van der Waals surface area contributed by atoms with E-state index in [0.717, 1.165) is 43.7 Å². The molecule has 15 heavy (non-hydrogen) atoms. The zero-order valence-electron chi connectivity index (χ0n) is 9.31. The molecule has 2 aliphatic carbocycles. The van der Waals surface area contributed by atoms with Gasteiger partial charge in [-0.15, -0.1) is 0 Å². The molecule has 3 rings (SSSR count). The zero-order valence-corrected chi connectivity index (χ0v) is 9.31. The standard InChI is InChI=1S/C13H21NO/c15-13-3-5-14(6-4-13)9-12-8-10-1-2-11(12)7-10/h1-2,10-13,15H,3-9H2/t10-,11-,12-/m1/s1. The minimum Gasteiger partial charge on any atom is -0.393 e. The van der Waals surface area contributed by atoms with Crippen molar-refractivity contribution in [1.82, 2.24) is 4.90 Å². The first kappa shape index (κ1) is 9.86. The molecular weight excluding hydrogens is 186 g/mol. The van der Waals surface area contributed by atoms with Crippen molar-refractivity contribution in [2.24, 2.45) is 17.8 Å². The van der Waals surface area contributed by atoms with Crippen molar-refractivity contribution in [3.8, 4) is 0 Å². The first-order valence-corrected chi connectivity index (χ1v) is 6.40. The number of nitrogens with zero attached hydrogens (tertiary/aromatic N) is 1. The summed E-state index contributed by atoms with van der Waals surface area (Å²) in [5, 5.41) is 9.46. The number of hydrogen-bond acceptors (Lipinski definition) is 2. The lowest BCUT2D eigenvalue weighted by Crippen LogP contribution is -2.39. The van der Waals surface area contributed by atoms with Crippen molar-refractivity contribution < 1.29 is 5.11 Å². The molecule has 1 aliphatic heterocycles. The van der Waals surface area contributed by atoms with E-state index in [1.807, 2.05) is 0 Å². The Kier molecular flexibility index (Phi) is 2.57. The summed E-state index contributed by atoms with van der Waals surface area (Å²) in [6.07, 6.45) is 9.63. The van der Waals surface area contributed by atoms with Crippen molar-refractivity contribution in [3.63, 3.8) is 0 Å². The molecule has 0 aromatic carbocycles. The smallest absolute Gasteiger partial charge is 0.0564 e. The quantitative estimate of drug-likeness (QED) is 0.696. The lowest BCUT2D eigenvalue weighted by molar-refractivity contribution is 0.0724. The third-order valence-corrected chi connectivity index (χ3v) is 4.47. The second kappa shape index (κ2) is 3.91. The van der Waals surface area contributed by atoms with Crippen molar-refractivity contribution in [1.29, 1.82) is 0 Å². The van der Waals surface area contributed by atoms with E-state index in [0.29, 0.717) is 0 Å². The maximum atomic E-state index is 9.46. The van der Waals surface area contributed by atoms with Crippen LogP contribution in [0.5, 0.6) is 0 Å². The normalized spacial score (nSPS) is 41.5. The van der Waals surface area contributed by atoms with E-state index in [-0.39, 0.29) is 6.10 Å². The molecule has 2 nitrogen and oxygen atoms in total. The van der Waals surface area contributed by atoms with Gasteiger partial charge in [-0.3, -0.25) is 0 Å². The summed E-state index contributed by atoms with van der Waals surface area (Å²) in [4.78, 5) is 2.56. The summed E-state index contributed by atoms with van der Waals surface area (Å²) in [5.74, 6) is 2.69. The van der Waals surface area contributed by atoms with E-state index in [1.54, 1.807) is 0 Å². The summed E-state index contributed by atoms with van der Waals surface area (Å²) in [7, 11) is 0. The number of hydrogen-bond donors (Lipinski definition) is 1. The summed E-state index contributed by atoms with van der Waals surface area (Å²) in [6, 6.07) is 0. The molecule has 3 aliphatic rings. The second-order valence-corrected chi connectivity index (χ2v) is 5.57. The van der Waals surface area contributed by atoms with Crippen LogP contribution in [0, 0.1) is 17.8 Å². The highest BCUT2D eigenvalue weighted by Gasteiger charge is 2.36. The Labute approximate surface area is 92.0 Å². The maximum absolute atomic E-state index is 9.46. The summed E-state index contributed by atoms with van der Waals surface area (Å²) < 4.78 is 0. The Morgan fingerprint density at radius 1 is 1.13 bits per heavy atom. The van der Waals surface area contributed by atoms with Gasteiger partial charge in [0.15, 0.2) is 0 Å². The van der Waals surface area contributed by atoms with Gasteiger partial charge >= 0.3 is 0 Å².